The summed E-state index contributed by atoms with van der Waals surface area (Å²) in [5.41, 5.74) is 4.44. The molecule has 14 heavy (non-hydrogen) atoms. The first-order chi connectivity index (χ1) is 6.58. The van der Waals surface area contributed by atoms with Crippen LogP contribution < -0.4 is 5.32 Å². The number of nitrogens with one attached hydrogen (secondary N) is 1. The predicted octanol–water partition coefficient (Wildman–Crippen LogP) is 1.72. The zero-order chi connectivity index (χ0) is 10.3. The van der Waals surface area contributed by atoms with Crippen LogP contribution in [0.5, 0.6) is 0 Å². The molecule has 0 spiro atoms. The number of benzene rings is 1. The fourth-order valence-electron chi connectivity index (χ4n) is 2.02. The Morgan fingerprint density at radius 3 is 2.86 bits per heavy atom. The number of anilines is 1. The summed E-state index contributed by atoms with van der Waals surface area (Å²) in [5, 5.41) is 11.9. The van der Waals surface area contributed by atoms with Crippen molar-refractivity contribution in [3.63, 3.8) is 0 Å². The second-order valence-corrected chi connectivity index (χ2v) is 3.86. The fourth-order valence-corrected chi connectivity index (χ4v) is 2.02. The molecular weight excluding hydrogens is 178 g/mol. The highest BCUT2D eigenvalue weighted by Gasteiger charge is 2.27. The van der Waals surface area contributed by atoms with Crippen LogP contribution in [0.4, 0.5) is 5.69 Å². The van der Waals surface area contributed by atoms with Crippen molar-refractivity contribution in [3.05, 3.63) is 28.8 Å². The Morgan fingerprint density at radius 1 is 1.50 bits per heavy atom. The summed E-state index contributed by atoms with van der Waals surface area (Å²) >= 11 is 0. The van der Waals surface area contributed by atoms with Crippen molar-refractivity contribution in [2.45, 2.75) is 26.3 Å². The Balaban J connectivity index is 2.39. The quantitative estimate of drug-likeness (QED) is 0.710. The van der Waals surface area contributed by atoms with Gasteiger partial charge in [-0.15, -0.1) is 0 Å². The van der Waals surface area contributed by atoms with Crippen LogP contribution in [0.2, 0.25) is 0 Å². The van der Waals surface area contributed by atoms with E-state index in [1.165, 1.54) is 5.56 Å². The highest BCUT2D eigenvalue weighted by molar-refractivity contribution is 5.82. The lowest BCUT2D eigenvalue weighted by atomic mass is 10.0. The maximum atomic E-state index is 10.8. The number of aryl methyl sites for hydroxylation is 2. The predicted molar refractivity (Wildman–Crippen MR) is 54.7 cm³/mol. The number of carboxylic acids is 1. The van der Waals surface area contributed by atoms with Crippen LogP contribution in [0.1, 0.15) is 16.7 Å². The molecule has 1 atom stereocenters. The summed E-state index contributed by atoms with van der Waals surface area (Å²) < 4.78 is 0. The number of hydrogen-bond acceptors (Lipinski definition) is 2. The highest BCUT2D eigenvalue weighted by atomic mass is 16.4. The third-order valence-electron chi connectivity index (χ3n) is 2.60. The Morgan fingerprint density at radius 2 is 2.21 bits per heavy atom. The number of carboxylic acid groups (broad SMARTS) is 1. The van der Waals surface area contributed by atoms with Gasteiger partial charge in [-0.2, -0.15) is 0 Å². The molecule has 0 fully saturated rings. The minimum atomic E-state index is -0.779. The van der Waals surface area contributed by atoms with E-state index in [0.29, 0.717) is 6.42 Å². The largest absolute Gasteiger partial charge is 0.480 e. The van der Waals surface area contributed by atoms with Crippen molar-refractivity contribution in [1.82, 2.24) is 0 Å². The second-order valence-electron chi connectivity index (χ2n) is 3.86. The average Bonchev–Trinajstić information content (AvgIpc) is 2.47. The monoisotopic (exact) mass is 191 g/mol. The molecule has 0 bridgehead atoms. The molecule has 1 heterocycles. The molecule has 1 aromatic rings. The van der Waals surface area contributed by atoms with Gasteiger partial charge in [0.1, 0.15) is 6.04 Å². The third-order valence-corrected chi connectivity index (χ3v) is 2.60. The summed E-state index contributed by atoms with van der Waals surface area (Å²) in [7, 11) is 0. The van der Waals surface area contributed by atoms with Crippen molar-refractivity contribution >= 4 is 11.7 Å². The van der Waals surface area contributed by atoms with E-state index >= 15 is 0 Å². The first-order valence-corrected chi connectivity index (χ1v) is 4.67. The van der Waals surface area contributed by atoms with Gasteiger partial charge in [-0.05, 0) is 25.0 Å². The molecule has 1 unspecified atom stereocenters. The van der Waals surface area contributed by atoms with E-state index in [4.69, 9.17) is 5.11 Å². The standard InChI is InChI=1S/C11H13NO2/c1-6-3-7(2)10-8(4-6)5-9(12-10)11(13)14/h3-4,9,12H,5H2,1-2H3,(H,13,14). The van der Waals surface area contributed by atoms with Gasteiger partial charge in [-0.1, -0.05) is 17.7 Å². The summed E-state index contributed by atoms with van der Waals surface area (Å²) in [6.45, 7) is 4.03. The second kappa shape index (κ2) is 3.01. The lowest BCUT2D eigenvalue weighted by Gasteiger charge is -2.07. The zero-order valence-electron chi connectivity index (χ0n) is 8.29. The molecule has 2 N–H and O–H groups in total. The van der Waals surface area contributed by atoms with Crippen LogP contribution in [-0.4, -0.2) is 17.1 Å². The van der Waals surface area contributed by atoms with Crippen LogP contribution in [0.15, 0.2) is 12.1 Å². The Bertz CT molecular complexity index is 399. The molecule has 0 aliphatic carbocycles. The topological polar surface area (TPSA) is 49.3 Å². The Hall–Kier alpha value is -1.51. The van der Waals surface area contributed by atoms with Gasteiger partial charge < -0.3 is 10.4 Å². The van der Waals surface area contributed by atoms with E-state index in [1.54, 1.807) is 0 Å². The smallest absolute Gasteiger partial charge is 0.326 e. The minimum absolute atomic E-state index is 0.453. The lowest BCUT2D eigenvalue weighted by molar-refractivity contribution is -0.137. The zero-order valence-corrected chi connectivity index (χ0v) is 8.29. The van der Waals surface area contributed by atoms with Gasteiger partial charge in [-0.3, -0.25) is 0 Å². The molecule has 3 nitrogen and oxygen atoms in total. The SMILES string of the molecule is Cc1cc(C)c2c(c1)CC(C(=O)O)N2. The first kappa shape index (κ1) is 9.06. The molecule has 0 saturated carbocycles. The number of hydrogen-bond donors (Lipinski definition) is 2. The summed E-state index contributed by atoms with van der Waals surface area (Å²) in [6, 6.07) is 3.67. The van der Waals surface area contributed by atoms with E-state index in [0.717, 1.165) is 16.8 Å². The van der Waals surface area contributed by atoms with Gasteiger partial charge >= 0.3 is 5.97 Å². The number of carbonyl (C=O) groups is 1. The molecule has 0 saturated heterocycles. The fraction of sp³-hybridized carbons (Fsp3) is 0.364. The van der Waals surface area contributed by atoms with Crippen molar-refractivity contribution in [2.24, 2.45) is 0 Å². The van der Waals surface area contributed by atoms with Crippen molar-refractivity contribution < 1.29 is 9.90 Å². The molecule has 1 aromatic carbocycles. The van der Waals surface area contributed by atoms with Crippen molar-refractivity contribution in [3.8, 4) is 0 Å². The average molecular weight is 191 g/mol. The van der Waals surface area contributed by atoms with Crippen LogP contribution in [0, 0.1) is 13.8 Å². The Kier molecular flexibility index (Phi) is 1.95. The highest BCUT2D eigenvalue weighted by Crippen LogP contribution is 2.30. The molecule has 3 heteroatoms. The minimum Gasteiger partial charge on any atom is -0.480 e. The number of fused-ring (bicyclic) bond motifs is 1. The van der Waals surface area contributed by atoms with E-state index in [9.17, 15) is 4.79 Å². The molecule has 0 aromatic heterocycles. The molecule has 74 valence electrons. The summed E-state index contributed by atoms with van der Waals surface area (Å²) in [5.74, 6) is -0.779. The molecule has 1 aliphatic heterocycles. The summed E-state index contributed by atoms with van der Waals surface area (Å²) in [4.78, 5) is 10.8. The Labute approximate surface area is 82.8 Å². The maximum Gasteiger partial charge on any atom is 0.326 e. The van der Waals surface area contributed by atoms with Gasteiger partial charge in [0.25, 0.3) is 0 Å². The molecule has 0 amide bonds. The van der Waals surface area contributed by atoms with Gasteiger partial charge in [0.05, 0.1) is 0 Å². The van der Waals surface area contributed by atoms with E-state index in [2.05, 4.69) is 17.4 Å². The molecular formula is C11H13NO2. The molecule has 1 aliphatic rings. The van der Waals surface area contributed by atoms with E-state index in [-0.39, 0.29) is 0 Å². The van der Waals surface area contributed by atoms with Gasteiger partial charge in [0.2, 0.25) is 0 Å². The van der Waals surface area contributed by atoms with Crippen LogP contribution in [0.3, 0.4) is 0 Å². The summed E-state index contributed by atoms with van der Waals surface area (Å²) in [6.07, 6.45) is 0.590. The van der Waals surface area contributed by atoms with Gasteiger partial charge in [0.15, 0.2) is 0 Å². The van der Waals surface area contributed by atoms with Gasteiger partial charge in [-0.25, -0.2) is 4.79 Å². The maximum absolute atomic E-state index is 10.8. The van der Waals surface area contributed by atoms with Crippen LogP contribution in [-0.2, 0) is 11.2 Å². The molecule has 0 radical (unpaired) electrons. The van der Waals surface area contributed by atoms with Crippen LogP contribution in [0.25, 0.3) is 0 Å². The van der Waals surface area contributed by atoms with Gasteiger partial charge in [0, 0.05) is 12.1 Å². The number of aliphatic carboxylic acids is 1. The molecule has 2 rings (SSSR count). The number of rotatable bonds is 1. The van der Waals surface area contributed by atoms with E-state index in [1.807, 2.05) is 13.8 Å². The third kappa shape index (κ3) is 1.35. The lowest BCUT2D eigenvalue weighted by Crippen LogP contribution is -2.26. The normalized spacial score (nSPS) is 18.9. The first-order valence-electron chi connectivity index (χ1n) is 4.67. The van der Waals surface area contributed by atoms with Crippen molar-refractivity contribution in [2.75, 3.05) is 5.32 Å². The van der Waals surface area contributed by atoms with Crippen molar-refractivity contribution in [1.29, 1.82) is 0 Å². The van der Waals surface area contributed by atoms with Crippen LogP contribution >= 0.6 is 0 Å². The van der Waals surface area contributed by atoms with E-state index < -0.39 is 12.0 Å².